The van der Waals surface area contributed by atoms with Gasteiger partial charge in [-0.25, -0.2) is 0 Å². The Labute approximate surface area is 311 Å². The fourth-order valence-corrected chi connectivity index (χ4v) is 9.84. The zero-order valence-electron chi connectivity index (χ0n) is 30.5. The molecule has 3 heterocycles. The van der Waals surface area contributed by atoms with Gasteiger partial charge in [0.1, 0.15) is 0 Å². The third-order valence-electron chi connectivity index (χ3n) is 11.1. The summed E-state index contributed by atoms with van der Waals surface area (Å²) in [6.45, 7) is 0. The maximum absolute atomic E-state index is 8.24. The molecule has 12 rings (SSSR count). The summed E-state index contributed by atoms with van der Waals surface area (Å²) in [5.74, 6) is 0. The molecule has 0 N–H and O–H groups in total. The molecule has 0 bridgehead atoms. The zero-order chi connectivity index (χ0) is 36.4. The number of hydrogen-bond donors (Lipinski definition) is 0. The van der Waals surface area contributed by atoms with Gasteiger partial charge in [0.25, 0.3) is 0 Å². The maximum Gasteiger partial charge on any atom is 0.0623 e. The monoisotopic (exact) mass is 692 g/mol. The minimum Gasteiger partial charge on any atom is -0.309 e. The standard InChI is InChI=1S/C50H30N2S/c1-3-11-33-27-37(21-17-31(33)9-1)51-43-15-7-5-14-41(43)49-45(51)25-26-46-50(49)42-29-35(36-19-23-40-39-13-6-8-16-47(39)53-48(40)30-36)20-24-44(42)52(46)38-22-18-32-10-2-4-12-34(32)28-38/h1-30H/i6D,8D. The minimum absolute atomic E-state index is 0.262. The van der Waals surface area contributed by atoms with Gasteiger partial charge in [0.2, 0.25) is 0 Å². The van der Waals surface area contributed by atoms with Crippen LogP contribution in [0.5, 0.6) is 0 Å². The van der Waals surface area contributed by atoms with Crippen LogP contribution in [-0.4, -0.2) is 9.13 Å². The summed E-state index contributed by atoms with van der Waals surface area (Å²) in [6, 6.07) is 62.0. The van der Waals surface area contributed by atoms with Crippen LogP contribution in [-0.2, 0) is 0 Å². The van der Waals surface area contributed by atoms with Gasteiger partial charge in [0.05, 0.1) is 24.8 Å². The molecule has 246 valence electrons. The highest BCUT2D eigenvalue weighted by molar-refractivity contribution is 7.25. The summed E-state index contributed by atoms with van der Waals surface area (Å²) in [4.78, 5) is 0. The summed E-state index contributed by atoms with van der Waals surface area (Å²) in [6.07, 6.45) is 0. The van der Waals surface area contributed by atoms with Crippen molar-refractivity contribution in [1.29, 1.82) is 0 Å². The zero-order valence-corrected chi connectivity index (χ0v) is 29.3. The number of hydrogen-bond acceptors (Lipinski definition) is 1. The molecular formula is C50H30N2S. The van der Waals surface area contributed by atoms with Crippen LogP contribution in [0.2, 0.25) is 0 Å². The highest BCUT2D eigenvalue weighted by Crippen LogP contribution is 2.44. The fourth-order valence-electron chi connectivity index (χ4n) is 8.73. The lowest BCUT2D eigenvalue weighted by Gasteiger charge is -2.11. The number of rotatable bonds is 3. The van der Waals surface area contributed by atoms with E-state index in [1.165, 1.54) is 59.6 Å². The summed E-state index contributed by atoms with van der Waals surface area (Å²) >= 11 is 1.70. The van der Waals surface area contributed by atoms with Crippen molar-refractivity contribution in [3.63, 3.8) is 0 Å². The topological polar surface area (TPSA) is 9.86 Å². The summed E-state index contributed by atoms with van der Waals surface area (Å²) in [5.41, 5.74) is 9.29. The summed E-state index contributed by atoms with van der Waals surface area (Å²) < 4.78 is 23.5. The van der Waals surface area contributed by atoms with Crippen LogP contribution < -0.4 is 0 Å². The first kappa shape index (κ1) is 27.0. The van der Waals surface area contributed by atoms with E-state index in [-0.39, 0.29) is 12.1 Å². The fraction of sp³-hybridized carbons (Fsp3) is 0. The van der Waals surface area contributed by atoms with E-state index in [1.54, 1.807) is 11.3 Å². The van der Waals surface area contributed by atoms with E-state index in [2.05, 4.69) is 167 Å². The average molecular weight is 693 g/mol. The second-order valence-corrected chi connectivity index (χ2v) is 15.1. The van der Waals surface area contributed by atoms with Crippen LogP contribution in [0, 0.1) is 0 Å². The summed E-state index contributed by atoms with van der Waals surface area (Å²) in [5, 5.41) is 12.0. The molecule has 53 heavy (non-hydrogen) atoms. The lowest BCUT2D eigenvalue weighted by atomic mass is 10.00. The van der Waals surface area contributed by atoms with E-state index in [0.29, 0.717) is 0 Å². The Hall–Kier alpha value is -6.68. The first-order valence-electron chi connectivity index (χ1n) is 19.0. The molecule has 0 saturated heterocycles. The molecule has 3 aromatic heterocycles. The van der Waals surface area contributed by atoms with Crippen LogP contribution in [0.15, 0.2) is 182 Å². The normalized spacial score (nSPS) is 12.7. The molecule has 0 radical (unpaired) electrons. The molecule has 3 heteroatoms. The van der Waals surface area contributed by atoms with Gasteiger partial charge in [-0.15, -0.1) is 11.3 Å². The predicted octanol–water partition coefficient (Wildman–Crippen LogP) is 14.2. The van der Waals surface area contributed by atoms with Crippen LogP contribution in [0.3, 0.4) is 0 Å². The molecule has 0 unspecified atom stereocenters. The molecule has 0 aliphatic carbocycles. The molecule has 0 aliphatic rings. The molecule has 0 spiro atoms. The Balaban J connectivity index is 1.17. The van der Waals surface area contributed by atoms with E-state index in [1.807, 2.05) is 12.1 Å². The first-order valence-corrected chi connectivity index (χ1v) is 18.8. The molecule has 12 aromatic rings. The third-order valence-corrected chi connectivity index (χ3v) is 12.3. The van der Waals surface area contributed by atoms with Gasteiger partial charge >= 0.3 is 0 Å². The predicted molar refractivity (Wildman–Crippen MR) is 228 cm³/mol. The Morgan fingerprint density at radius 3 is 1.64 bits per heavy atom. The van der Waals surface area contributed by atoms with Crippen molar-refractivity contribution in [2.75, 3.05) is 0 Å². The highest BCUT2D eigenvalue weighted by Gasteiger charge is 2.21. The van der Waals surface area contributed by atoms with Gasteiger partial charge in [-0.2, -0.15) is 0 Å². The highest BCUT2D eigenvalue weighted by atomic mass is 32.1. The Kier molecular flexibility index (Phi) is 5.57. The number of aromatic nitrogens is 2. The van der Waals surface area contributed by atoms with E-state index >= 15 is 0 Å². The van der Waals surface area contributed by atoms with Gasteiger partial charge in [0, 0.05) is 53.1 Å². The number of thiophene rings is 1. The van der Waals surface area contributed by atoms with E-state index in [0.717, 1.165) is 48.2 Å². The van der Waals surface area contributed by atoms with E-state index < -0.39 is 0 Å². The first-order chi connectivity index (χ1) is 27.1. The van der Waals surface area contributed by atoms with Crippen LogP contribution in [0.4, 0.5) is 0 Å². The van der Waals surface area contributed by atoms with Crippen LogP contribution in [0.1, 0.15) is 2.74 Å². The molecule has 0 atom stereocenters. The molecule has 2 nitrogen and oxygen atoms in total. The van der Waals surface area contributed by atoms with Crippen molar-refractivity contribution >= 4 is 96.7 Å². The Morgan fingerprint density at radius 1 is 0.358 bits per heavy atom. The lowest BCUT2D eigenvalue weighted by Crippen LogP contribution is -1.95. The number of benzene rings is 9. The molecule has 0 aliphatic heterocycles. The second-order valence-electron chi connectivity index (χ2n) is 14.0. The molecule has 9 aromatic carbocycles. The van der Waals surface area contributed by atoms with Crippen molar-refractivity contribution in [2.24, 2.45) is 0 Å². The molecule has 0 saturated carbocycles. The Morgan fingerprint density at radius 2 is 0.906 bits per heavy atom. The smallest absolute Gasteiger partial charge is 0.0623 e. The van der Waals surface area contributed by atoms with Gasteiger partial charge in [-0.05, 0) is 99.4 Å². The van der Waals surface area contributed by atoms with Crippen molar-refractivity contribution < 1.29 is 2.74 Å². The SMILES string of the molecule is [2H]c1cc2sc3cc(-c4ccc5c(c4)c4c6c7ccccc7n(-c7ccc8ccccc8c7)c6ccc4n5-c4ccc5ccccc5c4)ccc3c2cc1[2H]. The van der Waals surface area contributed by atoms with Gasteiger partial charge in [-0.3, -0.25) is 0 Å². The molecule has 0 fully saturated rings. The van der Waals surface area contributed by atoms with Gasteiger partial charge in [-0.1, -0.05) is 115 Å². The van der Waals surface area contributed by atoms with Crippen molar-refractivity contribution in [1.82, 2.24) is 9.13 Å². The minimum atomic E-state index is 0.262. The average Bonchev–Trinajstić information content (AvgIpc) is 3.87. The van der Waals surface area contributed by atoms with E-state index in [4.69, 9.17) is 2.74 Å². The number of para-hydroxylation sites is 1. The van der Waals surface area contributed by atoms with Crippen LogP contribution in [0.25, 0.3) is 108 Å². The van der Waals surface area contributed by atoms with E-state index in [9.17, 15) is 0 Å². The lowest BCUT2D eigenvalue weighted by molar-refractivity contribution is 1.18. The second kappa shape index (κ2) is 10.9. The van der Waals surface area contributed by atoms with Gasteiger partial charge in [0.15, 0.2) is 0 Å². The maximum atomic E-state index is 8.24. The van der Waals surface area contributed by atoms with Crippen molar-refractivity contribution in [2.45, 2.75) is 0 Å². The van der Waals surface area contributed by atoms with Crippen LogP contribution >= 0.6 is 11.3 Å². The number of fused-ring (bicyclic) bond motifs is 12. The Bertz CT molecular complexity index is 3590. The van der Waals surface area contributed by atoms with Gasteiger partial charge < -0.3 is 9.13 Å². The van der Waals surface area contributed by atoms with Crippen molar-refractivity contribution in [3.05, 3.63) is 182 Å². The molecule has 0 amide bonds. The largest absolute Gasteiger partial charge is 0.309 e. The quantitative estimate of drug-likeness (QED) is 0.174. The third kappa shape index (κ3) is 4.20. The number of nitrogens with zero attached hydrogens (tertiary/aromatic N) is 2. The van der Waals surface area contributed by atoms with Crippen molar-refractivity contribution in [3.8, 4) is 22.5 Å². The summed E-state index contributed by atoms with van der Waals surface area (Å²) in [7, 11) is 0. The molecular weight excluding hydrogens is 661 g/mol.